The Kier molecular flexibility index (Phi) is 5.75. The lowest BCUT2D eigenvalue weighted by atomic mass is 10.1. The van der Waals surface area contributed by atoms with Gasteiger partial charge in [-0.2, -0.15) is 0 Å². The van der Waals surface area contributed by atoms with Gasteiger partial charge < -0.3 is 0 Å². The molecule has 0 aromatic carbocycles. The van der Waals surface area contributed by atoms with Crippen LogP contribution in [0.15, 0.2) is 0 Å². The van der Waals surface area contributed by atoms with Crippen LogP contribution in [0.5, 0.6) is 0 Å². The fourth-order valence-electron chi connectivity index (χ4n) is 0.647. The van der Waals surface area contributed by atoms with Crippen LogP contribution in [-0.2, 0) is 0 Å². The molecular formula is C10H22S2. The van der Waals surface area contributed by atoms with E-state index in [2.05, 4.69) is 41.5 Å². The summed E-state index contributed by atoms with van der Waals surface area (Å²) >= 11 is 0. The normalized spacial score (nSPS) is 17.5. The van der Waals surface area contributed by atoms with E-state index in [4.69, 9.17) is 0 Å². The summed E-state index contributed by atoms with van der Waals surface area (Å²) in [5.74, 6) is 0.838. The number of hydrogen-bond acceptors (Lipinski definition) is 2. The van der Waals surface area contributed by atoms with Gasteiger partial charge in [0.25, 0.3) is 0 Å². The molecule has 0 fully saturated rings. The molecule has 0 aromatic heterocycles. The van der Waals surface area contributed by atoms with E-state index in [9.17, 15) is 0 Å². The minimum absolute atomic E-state index is 0.395. The van der Waals surface area contributed by atoms with Gasteiger partial charge in [-0.15, -0.1) is 0 Å². The Labute approximate surface area is 85.7 Å². The summed E-state index contributed by atoms with van der Waals surface area (Å²) in [4.78, 5) is 0. The van der Waals surface area contributed by atoms with Crippen LogP contribution in [-0.4, -0.2) is 10.00 Å². The molecule has 0 saturated carbocycles. The molecule has 0 rings (SSSR count). The Bertz CT molecular complexity index is 115. The summed E-state index contributed by atoms with van der Waals surface area (Å²) in [7, 11) is 4.03. The van der Waals surface area contributed by atoms with Crippen molar-refractivity contribution in [3.05, 3.63) is 0 Å². The van der Waals surface area contributed by atoms with Crippen LogP contribution in [0.3, 0.4) is 0 Å². The van der Waals surface area contributed by atoms with Crippen LogP contribution in [0, 0.1) is 5.92 Å². The molecule has 0 heterocycles. The molecule has 0 N–H and O–H groups in total. The van der Waals surface area contributed by atoms with Gasteiger partial charge in [0.1, 0.15) is 0 Å². The van der Waals surface area contributed by atoms with Gasteiger partial charge >= 0.3 is 0 Å². The summed E-state index contributed by atoms with van der Waals surface area (Å²) in [6, 6.07) is 0. The van der Waals surface area contributed by atoms with Gasteiger partial charge in [-0.1, -0.05) is 69.6 Å². The SMILES string of the molecule is CCC(C)[C@@H](C)SSC(C)(C)C. The first-order chi connectivity index (χ1) is 5.37. The highest BCUT2D eigenvalue weighted by Gasteiger charge is 2.16. The van der Waals surface area contributed by atoms with Crippen LogP contribution in [0.1, 0.15) is 48.0 Å². The molecule has 0 bridgehead atoms. The Hall–Kier alpha value is 0.700. The van der Waals surface area contributed by atoms with Crippen molar-refractivity contribution in [3.63, 3.8) is 0 Å². The minimum atomic E-state index is 0.395. The first kappa shape index (κ1) is 12.7. The number of hydrogen-bond donors (Lipinski definition) is 0. The maximum absolute atomic E-state index is 2.33. The smallest absolute Gasteiger partial charge is 0.0179 e. The highest BCUT2D eigenvalue weighted by atomic mass is 33.1. The molecule has 2 heteroatoms. The van der Waals surface area contributed by atoms with Crippen LogP contribution in [0.2, 0.25) is 0 Å². The molecule has 0 nitrogen and oxygen atoms in total. The van der Waals surface area contributed by atoms with Crippen LogP contribution in [0.25, 0.3) is 0 Å². The summed E-state index contributed by atoms with van der Waals surface area (Å²) in [5, 5.41) is 0.777. The van der Waals surface area contributed by atoms with Crippen LogP contribution >= 0.6 is 21.6 Å². The van der Waals surface area contributed by atoms with E-state index in [1.165, 1.54) is 6.42 Å². The second-order valence-electron chi connectivity index (χ2n) is 4.38. The Balaban J connectivity index is 3.64. The molecule has 2 atom stereocenters. The quantitative estimate of drug-likeness (QED) is 0.617. The largest absolute Gasteiger partial charge is 0.0902 e. The molecule has 0 aliphatic carbocycles. The zero-order valence-corrected chi connectivity index (χ0v) is 10.8. The van der Waals surface area contributed by atoms with Crippen molar-refractivity contribution >= 4 is 21.6 Å². The van der Waals surface area contributed by atoms with Gasteiger partial charge in [0.15, 0.2) is 0 Å². The van der Waals surface area contributed by atoms with E-state index < -0.39 is 0 Å². The summed E-state index contributed by atoms with van der Waals surface area (Å²) < 4.78 is 0.395. The highest BCUT2D eigenvalue weighted by molar-refractivity contribution is 8.77. The van der Waals surface area contributed by atoms with E-state index in [-0.39, 0.29) is 0 Å². The average molecular weight is 206 g/mol. The zero-order valence-electron chi connectivity index (χ0n) is 9.18. The lowest BCUT2D eigenvalue weighted by Gasteiger charge is -2.22. The van der Waals surface area contributed by atoms with Crippen LogP contribution < -0.4 is 0 Å². The van der Waals surface area contributed by atoms with E-state index in [1.54, 1.807) is 0 Å². The standard InChI is InChI=1S/C10H22S2/c1-7-8(2)9(3)11-12-10(4,5)6/h8-9H,7H2,1-6H3/t8?,9-/m1/s1. The van der Waals surface area contributed by atoms with E-state index in [0.717, 1.165) is 11.2 Å². The Morgan fingerprint density at radius 1 is 1.17 bits per heavy atom. The van der Waals surface area contributed by atoms with Crippen molar-refractivity contribution < 1.29 is 0 Å². The summed E-state index contributed by atoms with van der Waals surface area (Å²) in [6.07, 6.45) is 1.29. The van der Waals surface area contributed by atoms with E-state index in [1.807, 2.05) is 21.6 Å². The van der Waals surface area contributed by atoms with Crippen molar-refractivity contribution in [1.29, 1.82) is 0 Å². The maximum atomic E-state index is 2.33. The second kappa shape index (κ2) is 5.43. The first-order valence-corrected chi connectivity index (χ1v) is 6.92. The average Bonchev–Trinajstić information content (AvgIpc) is 1.97. The molecule has 0 aliphatic heterocycles. The minimum Gasteiger partial charge on any atom is -0.0902 e. The maximum Gasteiger partial charge on any atom is 0.0179 e. The lowest BCUT2D eigenvalue weighted by molar-refractivity contribution is 0.559. The van der Waals surface area contributed by atoms with Gasteiger partial charge in [0.2, 0.25) is 0 Å². The van der Waals surface area contributed by atoms with Gasteiger partial charge in [-0.05, 0) is 5.92 Å². The molecule has 0 radical (unpaired) electrons. The summed E-state index contributed by atoms with van der Waals surface area (Å²) in [6.45, 7) is 13.7. The van der Waals surface area contributed by atoms with Crippen molar-refractivity contribution in [2.75, 3.05) is 0 Å². The number of rotatable bonds is 4. The lowest BCUT2D eigenvalue weighted by Crippen LogP contribution is -2.11. The summed E-state index contributed by atoms with van der Waals surface area (Å²) in [5.41, 5.74) is 0. The molecule has 0 aromatic rings. The van der Waals surface area contributed by atoms with Crippen molar-refractivity contribution in [2.45, 2.75) is 58.0 Å². The zero-order chi connectivity index (χ0) is 9.78. The molecule has 12 heavy (non-hydrogen) atoms. The molecule has 1 unspecified atom stereocenters. The monoisotopic (exact) mass is 206 g/mol. The third-order valence-electron chi connectivity index (χ3n) is 1.90. The molecule has 0 spiro atoms. The Morgan fingerprint density at radius 2 is 1.67 bits per heavy atom. The van der Waals surface area contributed by atoms with E-state index in [0.29, 0.717) is 4.75 Å². The van der Waals surface area contributed by atoms with Crippen molar-refractivity contribution in [2.24, 2.45) is 5.92 Å². The van der Waals surface area contributed by atoms with Gasteiger partial charge in [-0.3, -0.25) is 0 Å². The van der Waals surface area contributed by atoms with Crippen molar-refractivity contribution in [1.82, 2.24) is 0 Å². The van der Waals surface area contributed by atoms with E-state index >= 15 is 0 Å². The fourth-order valence-corrected chi connectivity index (χ4v) is 3.36. The van der Waals surface area contributed by atoms with Crippen LogP contribution in [0.4, 0.5) is 0 Å². The molecule has 0 aliphatic rings. The molecular weight excluding hydrogens is 184 g/mol. The molecule has 0 saturated heterocycles. The topological polar surface area (TPSA) is 0 Å². The predicted molar refractivity (Wildman–Crippen MR) is 63.9 cm³/mol. The third-order valence-corrected chi connectivity index (χ3v) is 5.96. The second-order valence-corrected chi connectivity index (χ2v) is 7.79. The predicted octanol–water partition coefficient (Wildman–Crippen LogP) is 4.60. The Morgan fingerprint density at radius 3 is 2.00 bits per heavy atom. The fraction of sp³-hybridized carbons (Fsp3) is 1.00. The van der Waals surface area contributed by atoms with Gasteiger partial charge in [-0.25, -0.2) is 0 Å². The van der Waals surface area contributed by atoms with Gasteiger partial charge in [0, 0.05) is 10.00 Å². The third kappa shape index (κ3) is 6.24. The first-order valence-electron chi connectivity index (χ1n) is 4.71. The van der Waals surface area contributed by atoms with Crippen molar-refractivity contribution in [3.8, 4) is 0 Å². The molecule has 0 amide bonds. The molecule has 74 valence electrons. The highest BCUT2D eigenvalue weighted by Crippen LogP contribution is 2.40. The van der Waals surface area contributed by atoms with Gasteiger partial charge in [0.05, 0.1) is 0 Å².